The van der Waals surface area contributed by atoms with Crippen molar-refractivity contribution in [2.45, 2.75) is 56.7 Å². The lowest BCUT2D eigenvalue weighted by Gasteiger charge is -2.18. The highest BCUT2D eigenvalue weighted by Crippen LogP contribution is 2.36. The summed E-state index contributed by atoms with van der Waals surface area (Å²) in [7, 11) is 0. The van der Waals surface area contributed by atoms with Crippen molar-refractivity contribution in [3.05, 3.63) is 29.3 Å². The van der Waals surface area contributed by atoms with Gasteiger partial charge in [-0.25, -0.2) is 0 Å². The molecule has 3 rings (SSSR count). The molecule has 1 aliphatic carbocycles. The molecule has 1 N–H and O–H groups in total. The monoisotopic (exact) mass is 291 g/mol. The maximum Gasteiger partial charge on any atom is 0.228 e. The van der Waals surface area contributed by atoms with E-state index in [0.29, 0.717) is 6.42 Å². The Morgan fingerprint density at radius 1 is 1.20 bits per heavy atom. The number of rotatable bonds is 3. The number of fused-ring (bicyclic) bond motifs is 1. The minimum absolute atomic E-state index is 0.0825. The number of carbonyl (C=O) groups is 1. The number of alkyl halides is 1. The Morgan fingerprint density at radius 2 is 1.95 bits per heavy atom. The van der Waals surface area contributed by atoms with Crippen molar-refractivity contribution in [3.63, 3.8) is 0 Å². The van der Waals surface area contributed by atoms with Crippen LogP contribution in [0.1, 0.15) is 61.4 Å². The Bertz CT molecular complexity index is 492. The zero-order valence-electron chi connectivity index (χ0n) is 11.8. The predicted octanol–water partition coefficient (Wildman–Crippen LogP) is 4.82. The third-order valence-electron chi connectivity index (χ3n) is 4.63. The fourth-order valence-electron chi connectivity index (χ4n) is 3.47. The third-order valence-corrected chi connectivity index (χ3v) is 5.06. The Kier molecular flexibility index (Phi) is 4.30. The molecule has 0 radical (unpaired) electrons. The van der Waals surface area contributed by atoms with E-state index in [1.54, 1.807) is 0 Å². The molecule has 1 heterocycles. The lowest BCUT2D eigenvalue weighted by atomic mass is 9.92. The van der Waals surface area contributed by atoms with E-state index in [4.69, 9.17) is 11.6 Å². The molecule has 1 fully saturated rings. The van der Waals surface area contributed by atoms with Crippen LogP contribution in [-0.2, 0) is 11.2 Å². The maximum atomic E-state index is 11.4. The lowest BCUT2D eigenvalue weighted by Crippen LogP contribution is -2.03. The number of hydrogen-bond donors (Lipinski definition) is 1. The zero-order valence-corrected chi connectivity index (χ0v) is 12.6. The van der Waals surface area contributed by atoms with Gasteiger partial charge in [0.05, 0.1) is 11.8 Å². The number of amides is 1. The van der Waals surface area contributed by atoms with Crippen molar-refractivity contribution in [1.29, 1.82) is 0 Å². The number of nitrogens with one attached hydrogen (secondary N) is 1. The normalized spacial score (nSPS) is 21.1. The van der Waals surface area contributed by atoms with E-state index in [1.165, 1.54) is 44.1 Å². The van der Waals surface area contributed by atoms with Gasteiger partial charge in [-0.3, -0.25) is 4.79 Å². The summed E-state index contributed by atoms with van der Waals surface area (Å²) >= 11 is 6.63. The average molecular weight is 292 g/mol. The molecule has 3 heteroatoms. The SMILES string of the molecule is O=C1Cc2cc(C(Cl)CC3CCCCCC3)ccc2N1. The molecule has 1 unspecified atom stereocenters. The van der Waals surface area contributed by atoms with Crippen molar-refractivity contribution in [2.24, 2.45) is 5.92 Å². The van der Waals surface area contributed by atoms with Crippen LogP contribution in [0.2, 0.25) is 0 Å². The smallest absolute Gasteiger partial charge is 0.228 e. The van der Waals surface area contributed by atoms with Crippen molar-refractivity contribution >= 4 is 23.2 Å². The van der Waals surface area contributed by atoms with Crippen LogP contribution in [0.3, 0.4) is 0 Å². The van der Waals surface area contributed by atoms with Crippen LogP contribution in [0.5, 0.6) is 0 Å². The summed E-state index contributed by atoms with van der Waals surface area (Å²) in [6.07, 6.45) is 9.71. The van der Waals surface area contributed by atoms with Gasteiger partial charge in [0.2, 0.25) is 5.91 Å². The molecule has 1 saturated carbocycles. The highest BCUT2D eigenvalue weighted by atomic mass is 35.5. The van der Waals surface area contributed by atoms with Crippen molar-refractivity contribution in [2.75, 3.05) is 5.32 Å². The molecule has 108 valence electrons. The van der Waals surface area contributed by atoms with Gasteiger partial charge < -0.3 is 5.32 Å². The summed E-state index contributed by atoms with van der Waals surface area (Å²) < 4.78 is 0. The first-order chi connectivity index (χ1) is 9.72. The molecule has 1 atom stereocenters. The molecular weight excluding hydrogens is 270 g/mol. The van der Waals surface area contributed by atoms with E-state index in [1.807, 2.05) is 6.07 Å². The fourth-order valence-corrected chi connectivity index (χ4v) is 3.86. The minimum atomic E-state index is 0.0825. The van der Waals surface area contributed by atoms with E-state index >= 15 is 0 Å². The van der Waals surface area contributed by atoms with Crippen LogP contribution >= 0.6 is 11.6 Å². The van der Waals surface area contributed by atoms with Crippen molar-refractivity contribution < 1.29 is 4.79 Å². The van der Waals surface area contributed by atoms with E-state index in [9.17, 15) is 4.79 Å². The van der Waals surface area contributed by atoms with Gasteiger partial charge in [0.1, 0.15) is 0 Å². The Morgan fingerprint density at radius 3 is 2.70 bits per heavy atom. The predicted molar refractivity (Wildman–Crippen MR) is 83.2 cm³/mol. The van der Waals surface area contributed by atoms with E-state index < -0.39 is 0 Å². The van der Waals surface area contributed by atoms with Gasteiger partial charge in [-0.15, -0.1) is 11.6 Å². The van der Waals surface area contributed by atoms with Gasteiger partial charge in [-0.05, 0) is 29.5 Å². The van der Waals surface area contributed by atoms with Crippen LogP contribution in [-0.4, -0.2) is 5.91 Å². The van der Waals surface area contributed by atoms with Crippen LogP contribution in [0, 0.1) is 5.92 Å². The molecule has 1 amide bonds. The highest BCUT2D eigenvalue weighted by molar-refractivity contribution is 6.20. The first kappa shape index (κ1) is 13.9. The average Bonchev–Trinajstić information content (AvgIpc) is 2.62. The number of hydrogen-bond acceptors (Lipinski definition) is 1. The third kappa shape index (κ3) is 3.17. The van der Waals surface area contributed by atoms with E-state index in [2.05, 4.69) is 17.4 Å². The second kappa shape index (κ2) is 6.17. The maximum absolute atomic E-state index is 11.4. The molecule has 1 aromatic rings. The Hall–Kier alpha value is -1.02. The molecular formula is C17H22ClNO. The number of halogens is 1. The standard InChI is InChI=1S/C17H22ClNO/c18-15(9-12-5-3-1-2-4-6-12)13-7-8-16-14(10-13)11-17(20)19-16/h7-8,10,12,15H,1-6,9,11H2,(H,19,20). The molecule has 0 aromatic heterocycles. The molecule has 0 bridgehead atoms. The van der Waals surface area contributed by atoms with Crippen LogP contribution < -0.4 is 5.32 Å². The van der Waals surface area contributed by atoms with Gasteiger partial charge in [0.15, 0.2) is 0 Å². The molecule has 1 aliphatic heterocycles. The molecule has 2 aliphatic rings. The van der Waals surface area contributed by atoms with Crippen molar-refractivity contribution in [3.8, 4) is 0 Å². The summed E-state index contributed by atoms with van der Waals surface area (Å²) in [5.41, 5.74) is 3.22. The van der Waals surface area contributed by atoms with Crippen LogP contribution in [0.25, 0.3) is 0 Å². The fraction of sp³-hybridized carbons (Fsp3) is 0.588. The van der Waals surface area contributed by atoms with Gasteiger partial charge in [0.25, 0.3) is 0 Å². The van der Waals surface area contributed by atoms with Crippen LogP contribution in [0.15, 0.2) is 18.2 Å². The first-order valence-corrected chi connectivity index (χ1v) is 8.23. The molecule has 1 aromatic carbocycles. The minimum Gasteiger partial charge on any atom is -0.326 e. The second-order valence-electron chi connectivity index (χ2n) is 6.20. The largest absolute Gasteiger partial charge is 0.326 e. The van der Waals surface area contributed by atoms with Gasteiger partial charge in [-0.1, -0.05) is 50.7 Å². The first-order valence-electron chi connectivity index (χ1n) is 7.79. The Labute approximate surface area is 125 Å². The Balaban J connectivity index is 1.66. The summed E-state index contributed by atoms with van der Waals surface area (Å²) in [6, 6.07) is 6.18. The zero-order chi connectivity index (χ0) is 13.9. The van der Waals surface area contributed by atoms with Crippen molar-refractivity contribution in [1.82, 2.24) is 0 Å². The second-order valence-corrected chi connectivity index (χ2v) is 6.73. The molecule has 0 saturated heterocycles. The highest BCUT2D eigenvalue weighted by Gasteiger charge is 2.21. The van der Waals surface area contributed by atoms with Gasteiger partial charge >= 0.3 is 0 Å². The molecule has 20 heavy (non-hydrogen) atoms. The summed E-state index contributed by atoms with van der Waals surface area (Å²) in [5, 5.41) is 2.95. The summed E-state index contributed by atoms with van der Waals surface area (Å²) in [6.45, 7) is 0. The number of carbonyl (C=O) groups excluding carboxylic acids is 1. The summed E-state index contributed by atoms with van der Waals surface area (Å²) in [4.78, 5) is 11.4. The van der Waals surface area contributed by atoms with Crippen LogP contribution in [0.4, 0.5) is 5.69 Å². The van der Waals surface area contributed by atoms with E-state index in [-0.39, 0.29) is 11.3 Å². The quantitative estimate of drug-likeness (QED) is 0.628. The number of benzene rings is 1. The molecule has 2 nitrogen and oxygen atoms in total. The lowest BCUT2D eigenvalue weighted by molar-refractivity contribution is -0.115. The summed E-state index contributed by atoms with van der Waals surface area (Å²) in [5.74, 6) is 0.861. The van der Waals surface area contributed by atoms with E-state index in [0.717, 1.165) is 23.6 Å². The topological polar surface area (TPSA) is 29.1 Å². The molecule has 0 spiro atoms. The number of anilines is 1. The van der Waals surface area contributed by atoms with Gasteiger partial charge in [0, 0.05) is 5.69 Å². The van der Waals surface area contributed by atoms with Gasteiger partial charge in [-0.2, -0.15) is 0 Å².